The quantitative estimate of drug-likeness (QED) is 0.328. The van der Waals surface area contributed by atoms with Crippen LogP contribution in [0.2, 0.25) is 0 Å². The molecule has 0 bridgehead atoms. The first-order valence-corrected chi connectivity index (χ1v) is 3.58. The van der Waals surface area contributed by atoms with Gasteiger partial charge in [0, 0.05) is 0 Å². The second-order valence-corrected chi connectivity index (χ2v) is 2.84. The van der Waals surface area contributed by atoms with E-state index in [1.165, 1.54) is 0 Å². The van der Waals surface area contributed by atoms with Gasteiger partial charge in [0.1, 0.15) is 0 Å². The van der Waals surface area contributed by atoms with Gasteiger partial charge in [-0.25, -0.2) is 4.91 Å². The molecular formula is C6H10Na2S2. The Morgan fingerprint density at radius 3 is 2.00 bits per heavy atom. The molecule has 0 rings (SSSR count). The fourth-order valence-electron chi connectivity index (χ4n) is 0.423. The first kappa shape index (κ1) is 18.2. The molecule has 0 aromatic rings. The van der Waals surface area contributed by atoms with Crippen molar-refractivity contribution in [2.45, 2.75) is 25.0 Å². The minimum absolute atomic E-state index is 0. The van der Waals surface area contributed by atoms with Crippen LogP contribution in [0.3, 0.4) is 0 Å². The summed E-state index contributed by atoms with van der Waals surface area (Å²) < 4.78 is 0. The van der Waals surface area contributed by atoms with Crippen molar-refractivity contribution >= 4 is 25.3 Å². The van der Waals surface area contributed by atoms with Gasteiger partial charge in [0.05, 0.1) is 0 Å². The number of hydrogen-bond donors (Lipinski definition) is 0. The third kappa shape index (κ3) is 10.3. The summed E-state index contributed by atoms with van der Waals surface area (Å²) >= 11 is 9.73. The summed E-state index contributed by atoms with van der Waals surface area (Å²) in [6, 6.07) is 0. The predicted molar refractivity (Wildman–Crippen MR) is 42.6 cm³/mol. The van der Waals surface area contributed by atoms with Crippen LogP contribution in [0.4, 0.5) is 0 Å². The summed E-state index contributed by atoms with van der Waals surface area (Å²) in [5.41, 5.74) is 0. The summed E-state index contributed by atoms with van der Waals surface area (Å²) in [6.45, 7) is 5.68. The van der Waals surface area contributed by atoms with E-state index in [0.717, 1.165) is 12.8 Å². The second-order valence-electron chi connectivity index (χ2n) is 1.74. The van der Waals surface area contributed by atoms with Gasteiger partial charge in [-0.15, -0.1) is 6.58 Å². The van der Waals surface area contributed by atoms with E-state index in [4.69, 9.17) is 25.3 Å². The standard InChI is InChI=1S/C6H12S2.2Na/c1-3-4-6(8)5(2)7;;/h6-8H,2-4H2,1H3;;/q;2*+1/p-2. The maximum Gasteiger partial charge on any atom is 1.00 e. The van der Waals surface area contributed by atoms with Crippen LogP contribution >= 0.6 is 0 Å². The van der Waals surface area contributed by atoms with Crippen molar-refractivity contribution in [2.75, 3.05) is 0 Å². The van der Waals surface area contributed by atoms with Gasteiger partial charge in [-0.3, -0.25) is 0 Å². The minimum atomic E-state index is 0. The fraction of sp³-hybridized carbons (Fsp3) is 0.667. The molecule has 0 nitrogen and oxygen atoms in total. The molecule has 4 heteroatoms. The van der Waals surface area contributed by atoms with Crippen molar-refractivity contribution in [1.29, 1.82) is 0 Å². The first-order valence-electron chi connectivity index (χ1n) is 2.70. The average molecular weight is 192 g/mol. The monoisotopic (exact) mass is 192 g/mol. The van der Waals surface area contributed by atoms with Crippen LogP contribution in [-0.2, 0) is 25.3 Å². The van der Waals surface area contributed by atoms with Gasteiger partial charge >= 0.3 is 59.1 Å². The Morgan fingerprint density at radius 1 is 1.50 bits per heavy atom. The molecule has 0 saturated carbocycles. The van der Waals surface area contributed by atoms with E-state index >= 15 is 0 Å². The minimum Gasteiger partial charge on any atom is -0.787 e. The van der Waals surface area contributed by atoms with Gasteiger partial charge in [-0.05, 0) is 0 Å². The Bertz CT molecular complexity index is 85.8. The van der Waals surface area contributed by atoms with Crippen molar-refractivity contribution < 1.29 is 59.1 Å². The zero-order chi connectivity index (χ0) is 6.57. The predicted octanol–water partition coefficient (Wildman–Crippen LogP) is -4.23. The van der Waals surface area contributed by atoms with Crippen LogP contribution in [0.1, 0.15) is 19.8 Å². The van der Waals surface area contributed by atoms with Gasteiger partial charge in [0.25, 0.3) is 0 Å². The normalized spacial score (nSPS) is 10.6. The molecule has 0 aromatic heterocycles. The van der Waals surface area contributed by atoms with Crippen LogP contribution in [0, 0.1) is 0 Å². The summed E-state index contributed by atoms with van der Waals surface area (Å²) in [6.07, 6.45) is 2.10. The first-order chi connectivity index (χ1) is 3.68. The zero-order valence-electron chi connectivity index (χ0n) is 7.02. The molecule has 1 unspecified atom stereocenters. The second kappa shape index (κ2) is 11.3. The van der Waals surface area contributed by atoms with Gasteiger partial charge in [-0.2, -0.15) is 5.25 Å². The van der Waals surface area contributed by atoms with Crippen molar-refractivity contribution in [3.8, 4) is 0 Å². The Hall–Kier alpha value is 2.31. The molecule has 0 N–H and O–H groups in total. The molecule has 0 aliphatic rings. The molecule has 48 valence electrons. The summed E-state index contributed by atoms with van der Waals surface area (Å²) in [7, 11) is 0. The van der Waals surface area contributed by atoms with E-state index in [1.54, 1.807) is 0 Å². The molecule has 0 aliphatic carbocycles. The van der Waals surface area contributed by atoms with Crippen molar-refractivity contribution in [3.05, 3.63) is 11.5 Å². The molecule has 1 atom stereocenters. The maximum atomic E-state index is 4.96. The third-order valence-electron chi connectivity index (χ3n) is 0.910. The van der Waals surface area contributed by atoms with Gasteiger partial charge in [0.2, 0.25) is 0 Å². The Balaban J connectivity index is -0.000000245. The largest absolute Gasteiger partial charge is 1.00 e. The molecular weight excluding hydrogens is 182 g/mol. The average Bonchev–Trinajstić information content (AvgIpc) is 1.67. The van der Waals surface area contributed by atoms with Crippen LogP contribution in [0.15, 0.2) is 11.5 Å². The van der Waals surface area contributed by atoms with E-state index in [1.807, 2.05) is 0 Å². The molecule has 0 saturated heterocycles. The van der Waals surface area contributed by atoms with E-state index in [0.29, 0.717) is 4.91 Å². The van der Waals surface area contributed by atoms with Gasteiger partial charge in [-0.1, -0.05) is 19.8 Å². The smallest absolute Gasteiger partial charge is 0.787 e. The summed E-state index contributed by atoms with van der Waals surface area (Å²) in [4.78, 5) is 0.710. The fourth-order valence-corrected chi connectivity index (χ4v) is 0.777. The summed E-state index contributed by atoms with van der Waals surface area (Å²) in [5.74, 6) is 0. The maximum absolute atomic E-state index is 4.96. The molecule has 10 heavy (non-hydrogen) atoms. The van der Waals surface area contributed by atoms with Crippen molar-refractivity contribution in [2.24, 2.45) is 0 Å². The topological polar surface area (TPSA) is 0 Å². The SMILES string of the molecule is C=C([S-])C([S-])CCC.[Na+].[Na+]. The molecule has 0 fully saturated rings. The van der Waals surface area contributed by atoms with Crippen molar-refractivity contribution in [1.82, 2.24) is 0 Å². The Morgan fingerprint density at radius 2 is 1.90 bits per heavy atom. The Kier molecular flexibility index (Phi) is 20.5. The van der Waals surface area contributed by atoms with Gasteiger partial charge < -0.3 is 25.3 Å². The molecule has 0 amide bonds. The van der Waals surface area contributed by atoms with Crippen molar-refractivity contribution in [3.63, 3.8) is 0 Å². The number of rotatable bonds is 3. The number of hydrogen-bond acceptors (Lipinski definition) is 2. The third-order valence-corrected chi connectivity index (χ3v) is 1.86. The van der Waals surface area contributed by atoms with E-state index < -0.39 is 0 Å². The van der Waals surface area contributed by atoms with Crippen LogP contribution in [0.25, 0.3) is 0 Å². The van der Waals surface area contributed by atoms with Gasteiger partial charge in [0.15, 0.2) is 0 Å². The van der Waals surface area contributed by atoms with Crippen LogP contribution in [0.5, 0.6) is 0 Å². The molecule has 0 aromatic carbocycles. The van der Waals surface area contributed by atoms with Crippen LogP contribution < -0.4 is 59.1 Å². The molecule has 0 radical (unpaired) electrons. The molecule has 0 heterocycles. The summed E-state index contributed by atoms with van der Waals surface area (Å²) in [5, 5.41) is 0.120. The van der Waals surface area contributed by atoms with E-state index in [2.05, 4.69) is 13.5 Å². The van der Waals surface area contributed by atoms with Crippen LogP contribution in [-0.4, -0.2) is 5.25 Å². The Labute approximate surface area is 119 Å². The molecule has 0 aliphatic heterocycles. The van der Waals surface area contributed by atoms with E-state index in [9.17, 15) is 0 Å². The van der Waals surface area contributed by atoms with E-state index in [-0.39, 0.29) is 64.4 Å². The zero-order valence-corrected chi connectivity index (χ0v) is 12.6. The molecule has 0 spiro atoms.